The molecule has 0 spiro atoms. The van der Waals surface area contributed by atoms with Gasteiger partial charge in [-0.2, -0.15) is 0 Å². The lowest BCUT2D eigenvalue weighted by Crippen LogP contribution is -3.11. The summed E-state index contributed by atoms with van der Waals surface area (Å²) in [7, 11) is 0. The number of rotatable bonds is 8. The summed E-state index contributed by atoms with van der Waals surface area (Å²) in [6.45, 7) is 7.53. The van der Waals surface area contributed by atoms with Gasteiger partial charge in [0.25, 0.3) is 11.6 Å². The number of nitrogens with zero attached hydrogens (tertiary/aromatic N) is 1. The summed E-state index contributed by atoms with van der Waals surface area (Å²) in [5, 5.41) is 17.7. The maximum absolute atomic E-state index is 13.3. The highest BCUT2D eigenvalue weighted by atomic mass is 35.5. The summed E-state index contributed by atoms with van der Waals surface area (Å²) in [4.78, 5) is 28.7. The molecule has 0 aromatic heterocycles. The molecule has 1 unspecified atom stereocenters. The van der Waals surface area contributed by atoms with Crippen molar-refractivity contribution in [2.75, 3.05) is 36.4 Å². The first-order chi connectivity index (χ1) is 14.8. The van der Waals surface area contributed by atoms with Gasteiger partial charge in [-0.3, -0.25) is 9.69 Å². The predicted octanol–water partition coefficient (Wildman–Crippen LogP) is 2.62. The van der Waals surface area contributed by atoms with Gasteiger partial charge in [0.05, 0.1) is 41.1 Å². The van der Waals surface area contributed by atoms with E-state index in [0.29, 0.717) is 17.3 Å². The van der Waals surface area contributed by atoms with Crippen LogP contribution in [-0.4, -0.2) is 43.2 Å². The Kier molecular flexibility index (Phi) is 7.43. The molecule has 1 aliphatic heterocycles. The Hall–Kier alpha value is -2.32. The molecule has 2 aromatic rings. The quantitative estimate of drug-likeness (QED) is 0.452. The molecular formula is C22H27Cl2N4O3+. The summed E-state index contributed by atoms with van der Waals surface area (Å²) in [5.74, 6) is -0.685. The van der Waals surface area contributed by atoms with E-state index in [2.05, 4.69) is 24.5 Å². The van der Waals surface area contributed by atoms with Crippen LogP contribution in [0.4, 0.5) is 16.2 Å². The molecule has 1 atom stereocenters. The van der Waals surface area contributed by atoms with E-state index in [9.17, 15) is 14.7 Å². The number of aliphatic hydroxyl groups is 1. The molecule has 3 rings (SSSR count). The first kappa shape index (κ1) is 23.3. The fourth-order valence-electron chi connectivity index (χ4n) is 3.75. The number of halogens is 2. The highest BCUT2D eigenvalue weighted by molar-refractivity contribution is 6.42. The molecule has 3 amide bonds. The molecule has 4 N–H and O–H groups in total. The zero-order valence-electron chi connectivity index (χ0n) is 17.5. The number of urea groups is 1. The van der Waals surface area contributed by atoms with Gasteiger partial charge in [-0.15, -0.1) is 0 Å². The van der Waals surface area contributed by atoms with Crippen LogP contribution in [0.5, 0.6) is 0 Å². The van der Waals surface area contributed by atoms with Gasteiger partial charge in [0.1, 0.15) is 0 Å². The van der Waals surface area contributed by atoms with Gasteiger partial charge >= 0.3 is 6.03 Å². The van der Waals surface area contributed by atoms with Crippen molar-refractivity contribution < 1.29 is 19.6 Å². The standard InChI is InChI=1S/C22H26Cl2N4O3/c1-3-27(4-2)13-7-12-25-20(29)22(31)16-8-5-6-9-19(16)26-21(30)28(22)15-10-11-17(23)18(24)14-15/h5-6,8-11,14,31H,3-4,7,12-13H2,1-2H3,(H,25,29)(H,26,30)/p+1. The van der Waals surface area contributed by atoms with E-state index in [0.717, 1.165) is 31.0 Å². The van der Waals surface area contributed by atoms with Crippen molar-refractivity contribution in [2.24, 2.45) is 0 Å². The molecular weight excluding hydrogens is 439 g/mol. The highest BCUT2D eigenvalue weighted by Gasteiger charge is 2.51. The number of anilines is 2. The number of para-hydroxylation sites is 1. The Morgan fingerprint density at radius 2 is 1.87 bits per heavy atom. The zero-order valence-corrected chi connectivity index (χ0v) is 19.1. The molecule has 1 aliphatic rings. The van der Waals surface area contributed by atoms with Crippen LogP contribution in [0.2, 0.25) is 10.0 Å². The average molecular weight is 466 g/mol. The third-order valence-corrected chi connectivity index (χ3v) is 6.28. The first-order valence-corrected chi connectivity index (χ1v) is 11.1. The smallest absolute Gasteiger partial charge is 0.329 e. The number of hydrogen-bond acceptors (Lipinski definition) is 3. The number of benzene rings is 2. The summed E-state index contributed by atoms with van der Waals surface area (Å²) < 4.78 is 0. The maximum atomic E-state index is 13.3. The molecule has 2 aromatic carbocycles. The van der Waals surface area contributed by atoms with Gasteiger partial charge < -0.3 is 20.6 Å². The molecule has 0 aliphatic carbocycles. The number of hydrogen-bond donors (Lipinski definition) is 4. The van der Waals surface area contributed by atoms with Crippen molar-refractivity contribution in [2.45, 2.75) is 26.0 Å². The summed E-state index contributed by atoms with van der Waals surface area (Å²) in [6.07, 6.45) is 0.749. The number of quaternary nitrogens is 1. The average Bonchev–Trinajstić information content (AvgIpc) is 2.76. The van der Waals surface area contributed by atoms with Gasteiger partial charge in [-0.25, -0.2) is 4.79 Å². The second-order valence-corrected chi connectivity index (χ2v) is 8.21. The minimum atomic E-state index is -2.25. The molecule has 7 nitrogen and oxygen atoms in total. The van der Waals surface area contributed by atoms with Crippen LogP contribution < -0.4 is 20.4 Å². The number of carbonyl (C=O) groups is 2. The van der Waals surface area contributed by atoms with Crippen LogP contribution in [0.25, 0.3) is 0 Å². The summed E-state index contributed by atoms with van der Waals surface area (Å²) in [6, 6.07) is 10.5. The van der Waals surface area contributed by atoms with E-state index in [1.165, 1.54) is 23.1 Å². The van der Waals surface area contributed by atoms with E-state index < -0.39 is 17.7 Å². The predicted molar refractivity (Wildman–Crippen MR) is 123 cm³/mol. The molecule has 1 heterocycles. The van der Waals surface area contributed by atoms with E-state index in [1.807, 2.05) is 0 Å². The Morgan fingerprint density at radius 3 is 2.55 bits per heavy atom. The second kappa shape index (κ2) is 9.87. The number of fused-ring (bicyclic) bond motifs is 1. The van der Waals surface area contributed by atoms with Crippen molar-refractivity contribution in [1.82, 2.24) is 5.32 Å². The number of amides is 3. The van der Waals surface area contributed by atoms with E-state index in [1.54, 1.807) is 24.3 Å². The highest BCUT2D eigenvalue weighted by Crippen LogP contribution is 2.41. The van der Waals surface area contributed by atoms with Crippen molar-refractivity contribution in [3.05, 3.63) is 58.1 Å². The third kappa shape index (κ3) is 4.65. The van der Waals surface area contributed by atoms with Crippen molar-refractivity contribution >= 4 is 46.5 Å². The van der Waals surface area contributed by atoms with Crippen molar-refractivity contribution in [3.8, 4) is 0 Å². The normalized spacial score (nSPS) is 18.0. The maximum Gasteiger partial charge on any atom is 0.329 e. The topological polar surface area (TPSA) is 86.1 Å². The minimum absolute atomic E-state index is 0.204. The van der Waals surface area contributed by atoms with Gasteiger partial charge in [0, 0.05) is 18.5 Å². The SMILES string of the molecule is CC[NH+](CC)CCCNC(=O)C1(O)c2ccccc2NC(=O)N1c1ccc(Cl)c(Cl)c1. The Morgan fingerprint density at radius 1 is 1.16 bits per heavy atom. The lowest BCUT2D eigenvalue weighted by atomic mass is 9.94. The fraction of sp³-hybridized carbons (Fsp3) is 0.364. The molecule has 0 radical (unpaired) electrons. The van der Waals surface area contributed by atoms with Crippen molar-refractivity contribution in [1.29, 1.82) is 0 Å². The molecule has 0 saturated heterocycles. The monoisotopic (exact) mass is 465 g/mol. The third-order valence-electron chi connectivity index (χ3n) is 5.54. The molecule has 0 bridgehead atoms. The van der Waals surface area contributed by atoms with Crippen molar-refractivity contribution in [3.63, 3.8) is 0 Å². The van der Waals surface area contributed by atoms with Gasteiger partial charge in [0.15, 0.2) is 0 Å². The van der Waals surface area contributed by atoms with Gasteiger partial charge in [-0.05, 0) is 38.1 Å². The minimum Gasteiger partial charge on any atom is -0.359 e. The number of nitrogens with one attached hydrogen (secondary N) is 3. The Balaban J connectivity index is 1.93. The lowest BCUT2D eigenvalue weighted by Gasteiger charge is -2.42. The van der Waals surface area contributed by atoms with Crippen LogP contribution in [0.3, 0.4) is 0 Å². The summed E-state index contributed by atoms with van der Waals surface area (Å²) >= 11 is 12.1. The number of carbonyl (C=O) groups excluding carboxylic acids is 2. The molecule has 166 valence electrons. The Bertz CT molecular complexity index is 968. The first-order valence-electron chi connectivity index (χ1n) is 10.3. The molecule has 9 heteroatoms. The van der Waals surface area contributed by atoms with E-state index in [4.69, 9.17) is 23.2 Å². The Labute approximate surface area is 191 Å². The van der Waals surface area contributed by atoms with Gasteiger partial charge in [0.2, 0.25) is 0 Å². The van der Waals surface area contributed by atoms with Gasteiger partial charge in [-0.1, -0.05) is 41.4 Å². The van der Waals surface area contributed by atoms with E-state index in [-0.39, 0.29) is 16.3 Å². The van der Waals surface area contributed by atoms with E-state index >= 15 is 0 Å². The largest absolute Gasteiger partial charge is 0.359 e. The summed E-state index contributed by atoms with van der Waals surface area (Å²) in [5.41, 5.74) is -1.37. The second-order valence-electron chi connectivity index (χ2n) is 7.40. The molecule has 0 saturated carbocycles. The molecule has 0 fully saturated rings. The van der Waals surface area contributed by atoms with Crippen LogP contribution in [0.1, 0.15) is 25.8 Å². The fourth-order valence-corrected chi connectivity index (χ4v) is 4.05. The van der Waals surface area contributed by atoms with Crippen LogP contribution in [0.15, 0.2) is 42.5 Å². The van der Waals surface area contributed by atoms with Crippen LogP contribution >= 0.6 is 23.2 Å². The van der Waals surface area contributed by atoms with Crippen LogP contribution in [0, 0.1) is 0 Å². The molecule has 31 heavy (non-hydrogen) atoms. The zero-order chi connectivity index (χ0) is 22.6. The van der Waals surface area contributed by atoms with Crippen LogP contribution in [-0.2, 0) is 10.5 Å². The lowest BCUT2D eigenvalue weighted by molar-refractivity contribution is -0.896.